The molecule has 0 aromatic heterocycles. The Morgan fingerprint density at radius 3 is 2.17 bits per heavy atom. The van der Waals surface area contributed by atoms with Crippen LogP contribution in [0.25, 0.3) is 10.8 Å². The first-order chi connectivity index (χ1) is 19.5. The Morgan fingerprint density at radius 2 is 1.59 bits per heavy atom. The minimum absolute atomic E-state index is 0.0945. The summed E-state index contributed by atoms with van der Waals surface area (Å²) in [7, 11) is 0. The molecule has 10 heteroatoms. The van der Waals surface area contributed by atoms with E-state index in [1.807, 2.05) is 0 Å². The lowest BCUT2D eigenvalue weighted by Gasteiger charge is -2.58. The number of fused-ring (bicyclic) bond motifs is 1. The van der Waals surface area contributed by atoms with Crippen LogP contribution >= 0.6 is 0 Å². The van der Waals surface area contributed by atoms with Crippen LogP contribution in [0.5, 0.6) is 11.5 Å². The SMILES string of the molecule is O=C(NC(C(=O)O)C12CC3CC(CC(C3)C1)C2)c1ccc2cc(F)ccc2c1OCc1ccc(OC(F)(F)F)cc1. The third-order valence-electron chi connectivity index (χ3n) is 8.94. The van der Waals surface area contributed by atoms with E-state index in [0.717, 1.165) is 50.7 Å². The minimum Gasteiger partial charge on any atom is -0.487 e. The molecular weight excluding hydrogens is 542 g/mol. The molecule has 1 unspecified atom stereocenters. The van der Waals surface area contributed by atoms with E-state index in [4.69, 9.17) is 4.74 Å². The Kier molecular flexibility index (Phi) is 6.82. The van der Waals surface area contributed by atoms with Crippen molar-refractivity contribution in [3.8, 4) is 11.5 Å². The van der Waals surface area contributed by atoms with Crippen molar-refractivity contribution in [1.29, 1.82) is 0 Å². The topological polar surface area (TPSA) is 84.9 Å². The van der Waals surface area contributed by atoms with Crippen LogP contribution in [0.15, 0.2) is 54.6 Å². The number of aliphatic carboxylic acids is 1. The van der Waals surface area contributed by atoms with Gasteiger partial charge in [0.1, 0.15) is 30.0 Å². The van der Waals surface area contributed by atoms with Gasteiger partial charge in [0, 0.05) is 10.8 Å². The predicted octanol–water partition coefficient (Wildman–Crippen LogP) is 6.86. The molecule has 4 saturated carbocycles. The van der Waals surface area contributed by atoms with Gasteiger partial charge in [-0.2, -0.15) is 0 Å². The van der Waals surface area contributed by atoms with Gasteiger partial charge < -0.3 is 19.9 Å². The van der Waals surface area contributed by atoms with Crippen molar-refractivity contribution >= 4 is 22.6 Å². The highest BCUT2D eigenvalue weighted by Gasteiger charge is 2.56. The highest BCUT2D eigenvalue weighted by molar-refractivity contribution is 6.05. The number of amides is 1. The van der Waals surface area contributed by atoms with Crippen LogP contribution in [0.2, 0.25) is 0 Å². The molecule has 0 spiro atoms. The molecule has 1 atom stereocenters. The van der Waals surface area contributed by atoms with E-state index in [0.29, 0.717) is 34.1 Å². The van der Waals surface area contributed by atoms with Gasteiger partial charge in [-0.05, 0) is 104 Å². The number of hydrogen-bond acceptors (Lipinski definition) is 4. The fourth-order valence-corrected chi connectivity index (χ4v) is 7.77. The number of nitrogens with one attached hydrogen (secondary N) is 1. The van der Waals surface area contributed by atoms with Crippen molar-refractivity contribution in [2.75, 3.05) is 0 Å². The number of carbonyl (C=O) groups excluding carboxylic acids is 1. The highest BCUT2D eigenvalue weighted by Crippen LogP contribution is 2.61. The zero-order valence-electron chi connectivity index (χ0n) is 22.0. The van der Waals surface area contributed by atoms with Gasteiger partial charge in [0.25, 0.3) is 5.91 Å². The molecule has 216 valence electrons. The van der Waals surface area contributed by atoms with E-state index in [1.54, 1.807) is 6.07 Å². The summed E-state index contributed by atoms with van der Waals surface area (Å²) in [6, 6.07) is 11.1. The number of carbonyl (C=O) groups is 2. The molecule has 2 N–H and O–H groups in total. The van der Waals surface area contributed by atoms with Gasteiger partial charge in [-0.15, -0.1) is 13.2 Å². The second-order valence-corrected chi connectivity index (χ2v) is 11.8. The van der Waals surface area contributed by atoms with Gasteiger partial charge in [0.2, 0.25) is 0 Å². The summed E-state index contributed by atoms with van der Waals surface area (Å²) in [5, 5.41) is 14.0. The van der Waals surface area contributed by atoms with Gasteiger partial charge in [0.15, 0.2) is 0 Å². The van der Waals surface area contributed by atoms with Gasteiger partial charge >= 0.3 is 12.3 Å². The average Bonchev–Trinajstić information content (AvgIpc) is 2.89. The molecule has 0 radical (unpaired) electrons. The average molecular weight is 572 g/mol. The molecule has 4 bridgehead atoms. The molecule has 4 aliphatic rings. The normalized spacial score (nSPS) is 25.6. The van der Waals surface area contributed by atoms with E-state index in [2.05, 4.69) is 10.1 Å². The number of benzene rings is 3. The third-order valence-corrected chi connectivity index (χ3v) is 8.94. The first kappa shape index (κ1) is 27.4. The Balaban J connectivity index is 1.28. The zero-order chi connectivity index (χ0) is 28.9. The van der Waals surface area contributed by atoms with Crippen molar-refractivity contribution in [2.45, 2.75) is 57.5 Å². The second kappa shape index (κ2) is 10.2. The van der Waals surface area contributed by atoms with Gasteiger partial charge in [0.05, 0.1) is 5.56 Å². The fourth-order valence-electron chi connectivity index (χ4n) is 7.77. The zero-order valence-corrected chi connectivity index (χ0v) is 22.0. The molecular formula is C31H29F4NO5. The van der Waals surface area contributed by atoms with E-state index in [-0.39, 0.29) is 23.7 Å². The van der Waals surface area contributed by atoms with Crippen LogP contribution in [0.1, 0.15) is 54.4 Å². The van der Waals surface area contributed by atoms with Crippen molar-refractivity contribution in [3.05, 3.63) is 71.5 Å². The lowest BCUT2D eigenvalue weighted by atomic mass is 9.47. The van der Waals surface area contributed by atoms with E-state index < -0.39 is 35.5 Å². The summed E-state index contributed by atoms with van der Waals surface area (Å²) in [5.41, 5.74) is 0.108. The summed E-state index contributed by atoms with van der Waals surface area (Å²) < 4.78 is 61.4. The Labute approximate surface area is 233 Å². The van der Waals surface area contributed by atoms with Crippen LogP contribution in [0, 0.1) is 29.0 Å². The number of carboxylic acid groups (broad SMARTS) is 1. The number of alkyl halides is 3. The first-order valence-electron chi connectivity index (χ1n) is 13.7. The van der Waals surface area contributed by atoms with E-state index in [1.165, 1.54) is 36.4 Å². The van der Waals surface area contributed by atoms with E-state index >= 15 is 0 Å². The predicted molar refractivity (Wildman–Crippen MR) is 141 cm³/mol. The highest BCUT2D eigenvalue weighted by atomic mass is 19.4. The molecule has 6 nitrogen and oxygen atoms in total. The molecule has 7 rings (SSSR count). The summed E-state index contributed by atoms with van der Waals surface area (Å²) >= 11 is 0. The molecule has 0 aliphatic heterocycles. The monoisotopic (exact) mass is 571 g/mol. The fraction of sp³-hybridized carbons (Fsp3) is 0.419. The molecule has 3 aromatic rings. The molecule has 3 aromatic carbocycles. The molecule has 0 heterocycles. The Bertz CT molecular complexity index is 1450. The Hall–Kier alpha value is -3.82. The van der Waals surface area contributed by atoms with Crippen LogP contribution in [0.3, 0.4) is 0 Å². The number of rotatable bonds is 8. The van der Waals surface area contributed by atoms with Crippen molar-refractivity contribution in [1.82, 2.24) is 5.32 Å². The molecule has 1 amide bonds. The van der Waals surface area contributed by atoms with Crippen LogP contribution < -0.4 is 14.8 Å². The second-order valence-electron chi connectivity index (χ2n) is 11.8. The molecule has 41 heavy (non-hydrogen) atoms. The number of ether oxygens (including phenoxy) is 2. The third kappa shape index (κ3) is 5.56. The van der Waals surface area contributed by atoms with Crippen molar-refractivity contribution < 1.29 is 41.7 Å². The maximum Gasteiger partial charge on any atom is 0.573 e. The molecule has 0 saturated heterocycles. The van der Waals surface area contributed by atoms with Crippen molar-refractivity contribution in [2.24, 2.45) is 23.2 Å². The summed E-state index contributed by atoms with van der Waals surface area (Å²) in [6.45, 7) is -0.111. The first-order valence-corrected chi connectivity index (χ1v) is 13.7. The lowest BCUT2D eigenvalue weighted by molar-refractivity contribution is -0.274. The van der Waals surface area contributed by atoms with Crippen LogP contribution in [-0.2, 0) is 11.4 Å². The largest absolute Gasteiger partial charge is 0.573 e. The van der Waals surface area contributed by atoms with E-state index in [9.17, 15) is 32.3 Å². The number of hydrogen-bond donors (Lipinski definition) is 2. The smallest absolute Gasteiger partial charge is 0.487 e. The summed E-state index contributed by atoms with van der Waals surface area (Å²) in [4.78, 5) is 26.3. The summed E-state index contributed by atoms with van der Waals surface area (Å²) in [5.74, 6) is -0.937. The number of halogens is 4. The van der Waals surface area contributed by atoms with Crippen molar-refractivity contribution in [3.63, 3.8) is 0 Å². The van der Waals surface area contributed by atoms with Gasteiger partial charge in [-0.1, -0.05) is 18.2 Å². The Morgan fingerprint density at radius 1 is 0.951 bits per heavy atom. The maximum atomic E-state index is 14.0. The molecule has 4 fully saturated rings. The molecule has 4 aliphatic carbocycles. The van der Waals surface area contributed by atoms with Gasteiger partial charge in [-0.3, -0.25) is 4.79 Å². The number of carboxylic acids is 1. The van der Waals surface area contributed by atoms with Gasteiger partial charge in [-0.25, -0.2) is 9.18 Å². The summed E-state index contributed by atoms with van der Waals surface area (Å²) in [6.07, 6.45) is 0.911. The quantitative estimate of drug-likeness (QED) is 0.289. The van der Waals surface area contributed by atoms with Crippen LogP contribution in [0.4, 0.5) is 17.6 Å². The minimum atomic E-state index is -4.82. The standard InChI is InChI=1S/C31H29F4NO5/c32-22-4-8-24-21(12-22)3-7-25(26(24)40-16-17-1-5-23(6-2-17)41-31(33,34)35)28(37)36-27(29(38)39)30-13-18-9-19(14-30)11-20(10-18)15-30/h1-8,12,18-20,27H,9-11,13-16H2,(H,36,37)(H,38,39). The lowest BCUT2D eigenvalue weighted by Crippen LogP contribution is -2.59. The maximum absolute atomic E-state index is 14.0. The van der Waals surface area contributed by atoms with Crippen LogP contribution in [-0.4, -0.2) is 29.4 Å².